The van der Waals surface area contributed by atoms with Crippen molar-refractivity contribution in [3.63, 3.8) is 0 Å². The van der Waals surface area contributed by atoms with E-state index in [1.807, 2.05) is 26.0 Å². The Labute approximate surface area is 107 Å². The SMILES string of the molecule is C=C[C@@H]1C[C@H]2O[C@]3(C=C(C)C(=O)C=C13)OC2(C)C. The molecule has 3 aliphatic rings. The zero-order valence-corrected chi connectivity index (χ0v) is 11.0. The maximum Gasteiger partial charge on any atom is 0.213 e. The lowest BCUT2D eigenvalue weighted by molar-refractivity contribution is -0.137. The van der Waals surface area contributed by atoms with Gasteiger partial charge in [-0.15, -0.1) is 6.58 Å². The molecule has 3 atom stereocenters. The van der Waals surface area contributed by atoms with Gasteiger partial charge in [-0.2, -0.15) is 0 Å². The number of rotatable bonds is 1. The smallest absolute Gasteiger partial charge is 0.213 e. The molecule has 2 saturated heterocycles. The van der Waals surface area contributed by atoms with Gasteiger partial charge in [0.25, 0.3) is 0 Å². The first-order valence-corrected chi connectivity index (χ1v) is 6.34. The van der Waals surface area contributed by atoms with Gasteiger partial charge in [0.2, 0.25) is 5.79 Å². The lowest BCUT2D eigenvalue weighted by Crippen LogP contribution is -2.41. The molecule has 3 rings (SSSR count). The molecule has 3 heteroatoms. The molecule has 0 unspecified atom stereocenters. The van der Waals surface area contributed by atoms with Gasteiger partial charge in [-0.1, -0.05) is 6.08 Å². The molecule has 2 fully saturated rings. The van der Waals surface area contributed by atoms with Crippen LogP contribution in [-0.2, 0) is 14.3 Å². The highest BCUT2D eigenvalue weighted by Gasteiger charge is 2.59. The molecular weight excluding hydrogens is 228 g/mol. The van der Waals surface area contributed by atoms with Crippen molar-refractivity contribution in [3.8, 4) is 0 Å². The molecule has 2 heterocycles. The summed E-state index contributed by atoms with van der Waals surface area (Å²) in [5.74, 6) is -0.653. The molecule has 2 bridgehead atoms. The van der Waals surface area contributed by atoms with Crippen molar-refractivity contribution in [3.05, 3.63) is 36.0 Å². The van der Waals surface area contributed by atoms with Gasteiger partial charge in [0, 0.05) is 11.5 Å². The van der Waals surface area contributed by atoms with E-state index in [1.54, 1.807) is 13.0 Å². The van der Waals surface area contributed by atoms with Crippen molar-refractivity contribution in [2.24, 2.45) is 5.92 Å². The summed E-state index contributed by atoms with van der Waals surface area (Å²) in [5, 5.41) is 0. The van der Waals surface area contributed by atoms with Gasteiger partial charge in [0.1, 0.15) is 0 Å². The van der Waals surface area contributed by atoms with E-state index in [0.29, 0.717) is 5.57 Å². The Morgan fingerprint density at radius 1 is 1.50 bits per heavy atom. The quantitative estimate of drug-likeness (QED) is 0.667. The summed E-state index contributed by atoms with van der Waals surface area (Å²) in [5.41, 5.74) is 1.24. The van der Waals surface area contributed by atoms with Crippen molar-refractivity contribution in [1.29, 1.82) is 0 Å². The van der Waals surface area contributed by atoms with Gasteiger partial charge in [-0.05, 0) is 44.9 Å². The van der Waals surface area contributed by atoms with Crippen molar-refractivity contribution in [1.82, 2.24) is 0 Å². The first-order chi connectivity index (χ1) is 8.38. The van der Waals surface area contributed by atoms with Crippen LogP contribution in [0.15, 0.2) is 36.0 Å². The number of fused-ring (bicyclic) bond motifs is 1. The van der Waals surface area contributed by atoms with Crippen LogP contribution in [0.5, 0.6) is 0 Å². The fourth-order valence-corrected chi connectivity index (χ4v) is 3.10. The summed E-state index contributed by atoms with van der Waals surface area (Å²) in [6, 6.07) is 0. The molecule has 2 aliphatic heterocycles. The van der Waals surface area contributed by atoms with Crippen molar-refractivity contribution in [2.45, 2.75) is 44.7 Å². The van der Waals surface area contributed by atoms with Gasteiger partial charge in [-0.25, -0.2) is 0 Å². The number of ether oxygens (including phenoxy) is 2. The third-order valence-electron chi connectivity index (χ3n) is 4.14. The minimum Gasteiger partial charge on any atom is -0.336 e. The Morgan fingerprint density at radius 2 is 2.22 bits per heavy atom. The Kier molecular flexibility index (Phi) is 2.26. The maximum atomic E-state index is 11.9. The van der Waals surface area contributed by atoms with Crippen LogP contribution in [-0.4, -0.2) is 23.3 Å². The second-order valence-corrected chi connectivity index (χ2v) is 5.85. The first kappa shape index (κ1) is 11.9. The highest BCUT2D eigenvalue weighted by molar-refractivity contribution is 6.05. The molecule has 0 radical (unpaired) electrons. The molecule has 0 aromatic rings. The van der Waals surface area contributed by atoms with E-state index in [1.165, 1.54) is 0 Å². The van der Waals surface area contributed by atoms with E-state index in [-0.39, 0.29) is 23.4 Å². The molecule has 0 aromatic heterocycles. The van der Waals surface area contributed by atoms with E-state index < -0.39 is 5.79 Å². The zero-order valence-electron chi connectivity index (χ0n) is 11.0. The molecule has 0 aromatic carbocycles. The van der Waals surface area contributed by atoms with Crippen LogP contribution in [0, 0.1) is 5.92 Å². The van der Waals surface area contributed by atoms with Crippen LogP contribution in [0.3, 0.4) is 0 Å². The van der Waals surface area contributed by atoms with Gasteiger partial charge in [0.05, 0.1) is 11.7 Å². The van der Waals surface area contributed by atoms with Gasteiger partial charge in [0.15, 0.2) is 5.78 Å². The van der Waals surface area contributed by atoms with Gasteiger partial charge < -0.3 is 9.47 Å². The number of ketones is 1. The molecule has 0 amide bonds. The molecule has 96 valence electrons. The summed E-state index contributed by atoms with van der Waals surface area (Å²) in [6.07, 6.45) is 6.24. The summed E-state index contributed by atoms with van der Waals surface area (Å²) in [4.78, 5) is 11.9. The minimum absolute atomic E-state index is 0.0369. The number of carbonyl (C=O) groups excluding carboxylic acids is 1. The second-order valence-electron chi connectivity index (χ2n) is 5.85. The molecule has 0 N–H and O–H groups in total. The van der Waals surface area contributed by atoms with Crippen LogP contribution < -0.4 is 0 Å². The minimum atomic E-state index is -0.844. The average molecular weight is 246 g/mol. The summed E-state index contributed by atoms with van der Waals surface area (Å²) in [6.45, 7) is 9.75. The summed E-state index contributed by atoms with van der Waals surface area (Å²) >= 11 is 0. The molecular formula is C15H18O3. The van der Waals surface area contributed by atoms with Crippen LogP contribution >= 0.6 is 0 Å². The van der Waals surface area contributed by atoms with Crippen molar-refractivity contribution < 1.29 is 14.3 Å². The lowest BCUT2D eigenvalue weighted by Gasteiger charge is -2.38. The maximum absolute atomic E-state index is 11.9. The molecule has 0 saturated carbocycles. The van der Waals surface area contributed by atoms with Crippen LogP contribution in [0.1, 0.15) is 27.2 Å². The lowest BCUT2D eigenvalue weighted by atomic mass is 9.79. The van der Waals surface area contributed by atoms with E-state index in [4.69, 9.17) is 9.47 Å². The summed E-state index contributed by atoms with van der Waals surface area (Å²) < 4.78 is 12.2. The largest absolute Gasteiger partial charge is 0.336 e. The highest BCUT2D eigenvalue weighted by atomic mass is 16.8. The predicted octanol–water partition coefficient (Wildman–Crippen LogP) is 2.54. The molecule has 18 heavy (non-hydrogen) atoms. The van der Waals surface area contributed by atoms with E-state index in [2.05, 4.69) is 6.58 Å². The van der Waals surface area contributed by atoms with E-state index in [0.717, 1.165) is 12.0 Å². The fourth-order valence-electron chi connectivity index (χ4n) is 3.10. The Hall–Kier alpha value is -1.19. The van der Waals surface area contributed by atoms with E-state index in [9.17, 15) is 4.79 Å². The van der Waals surface area contributed by atoms with Gasteiger partial charge >= 0.3 is 0 Å². The van der Waals surface area contributed by atoms with Crippen molar-refractivity contribution in [2.75, 3.05) is 0 Å². The van der Waals surface area contributed by atoms with Crippen LogP contribution in [0.25, 0.3) is 0 Å². The van der Waals surface area contributed by atoms with E-state index >= 15 is 0 Å². The van der Waals surface area contributed by atoms with Crippen molar-refractivity contribution >= 4 is 5.78 Å². The summed E-state index contributed by atoms with van der Waals surface area (Å²) in [7, 11) is 0. The molecule has 1 aliphatic carbocycles. The normalized spacial score (nSPS) is 40.9. The standard InChI is InChI=1S/C15H18O3/c1-5-10-6-13-14(3,4)18-15(17-13)8-9(2)12(16)7-11(10)15/h5,7-8,10,13H,1,6H2,2-4H3/t10-,13-,15-/m1/s1. The number of carbonyl (C=O) groups is 1. The fraction of sp³-hybridized carbons (Fsp3) is 0.533. The molecule has 3 nitrogen and oxygen atoms in total. The Balaban J connectivity index is 2.14. The molecule has 1 spiro atoms. The van der Waals surface area contributed by atoms with Crippen LogP contribution in [0.4, 0.5) is 0 Å². The predicted molar refractivity (Wildman–Crippen MR) is 67.9 cm³/mol. The third-order valence-corrected chi connectivity index (χ3v) is 4.14. The van der Waals surface area contributed by atoms with Gasteiger partial charge in [-0.3, -0.25) is 4.79 Å². The number of hydrogen-bond donors (Lipinski definition) is 0. The third kappa shape index (κ3) is 1.41. The highest BCUT2D eigenvalue weighted by Crippen LogP contribution is 2.53. The van der Waals surface area contributed by atoms with Crippen LogP contribution in [0.2, 0.25) is 0 Å². The zero-order chi connectivity index (χ0) is 13.1. The number of allylic oxidation sites excluding steroid dienone is 3. The number of hydrogen-bond acceptors (Lipinski definition) is 3. The first-order valence-electron chi connectivity index (χ1n) is 6.34. The average Bonchev–Trinajstić information content (AvgIpc) is 2.48. The Bertz CT molecular complexity index is 498. The Morgan fingerprint density at radius 3 is 2.89 bits per heavy atom. The monoisotopic (exact) mass is 246 g/mol. The topological polar surface area (TPSA) is 35.5 Å². The second kappa shape index (κ2) is 3.43.